The first-order chi connectivity index (χ1) is 8.38. The smallest absolute Gasteiger partial charge is 0.171 e. The first-order valence-electron chi connectivity index (χ1n) is 6.42. The van der Waals surface area contributed by atoms with Gasteiger partial charge in [-0.2, -0.15) is 0 Å². The van der Waals surface area contributed by atoms with Crippen molar-refractivity contribution >= 4 is 5.82 Å². The SMILES string of the molecule is CCOc1cccnc1N1CC2CNCC2C1. The summed E-state index contributed by atoms with van der Waals surface area (Å²) in [6.45, 7) is 7.22. The molecule has 0 radical (unpaired) electrons. The van der Waals surface area contributed by atoms with Crippen molar-refractivity contribution in [1.82, 2.24) is 10.3 Å². The summed E-state index contributed by atoms with van der Waals surface area (Å²) in [5.74, 6) is 3.50. The number of aromatic nitrogens is 1. The molecule has 3 rings (SSSR count). The molecule has 2 unspecified atom stereocenters. The third-order valence-electron chi connectivity index (χ3n) is 3.74. The lowest BCUT2D eigenvalue weighted by Gasteiger charge is -2.21. The summed E-state index contributed by atoms with van der Waals surface area (Å²) in [4.78, 5) is 6.86. The van der Waals surface area contributed by atoms with Gasteiger partial charge in [0.05, 0.1) is 6.61 Å². The van der Waals surface area contributed by atoms with E-state index in [4.69, 9.17) is 4.74 Å². The number of nitrogens with one attached hydrogen (secondary N) is 1. The first kappa shape index (κ1) is 10.8. The van der Waals surface area contributed by atoms with E-state index in [-0.39, 0.29) is 0 Å². The minimum Gasteiger partial charge on any atom is -0.490 e. The van der Waals surface area contributed by atoms with Crippen LogP contribution < -0.4 is 15.0 Å². The first-order valence-corrected chi connectivity index (χ1v) is 6.42. The average molecular weight is 233 g/mol. The Bertz CT molecular complexity index is 384. The highest BCUT2D eigenvalue weighted by molar-refractivity contribution is 5.53. The maximum absolute atomic E-state index is 5.65. The monoisotopic (exact) mass is 233 g/mol. The normalized spacial score (nSPS) is 27.2. The van der Waals surface area contributed by atoms with E-state index in [1.807, 2.05) is 25.3 Å². The Labute approximate surface area is 102 Å². The molecular formula is C13H19N3O. The van der Waals surface area contributed by atoms with Crippen LogP contribution in [-0.4, -0.2) is 37.8 Å². The quantitative estimate of drug-likeness (QED) is 0.849. The summed E-state index contributed by atoms with van der Waals surface area (Å²) in [5, 5.41) is 3.46. The minimum absolute atomic E-state index is 0.695. The molecule has 0 amide bonds. The summed E-state index contributed by atoms with van der Waals surface area (Å²) < 4.78 is 5.65. The van der Waals surface area contributed by atoms with Crippen LogP contribution in [0.5, 0.6) is 5.75 Å². The van der Waals surface area contributed by atoms with E-state index in [0.717, 1.165) is 49.6 Å². The Hall–Kier alpha value is -1.29. The number of anilines is 1. The lowest BCUT2D eigenvalue weighted by Crippen LogP contribution is -2.26. The zero-order valence-electron chi connectivity index (χ0n) is 10.2. The van der Waals surface area contributed by atoms with E-state index < -0.39 is 0 Å². The van der Waals surface area contributed by atoms with Crippen LogP contribution in [0.3, 0.4) is 0 Å². The van der Waals surface area contributed by atoms with Crippen LogP contribution in [0.1, 0.15) is 6.92 Å². The molecule has 1 aromatic heterocycles. The second kappa shape index (κ2) is 4.53. The molecule has 2 aliphatic rings. The van der Waals surface area contributed by atoms with E-state index in [9.17, 15) is 0 Å². The molecule has 3 heterocycles. The Balaban J connectivity index is 1.80. The number of ether oxygens (including phenoxy) is 1. The zero-order valence-corrected chi connectivity index (χ0v) is 10.2. The second-order valence-electron chi connectivity index (χ2n) is 4.84. The number of hydrogen-bond donors (Lipinski definition) is 1. The van der Waals surface area contributed by atoms with Gasteiger partial charge in [0, 0.05) is 32.4 Å². The highest BCUT2D eigenvalue weighted by atomic mass is 16.5. The molecule has 0 aliphatic carbocycles. The van der Waals surface area contributed by atoms with Gasteiger partial charge in [0.1, 0.15) is 0 Å². The largest absolute Gasteiger partial charge is 0.490 e. The van der Waals surface area contributed by atoms with Gasteiger partial charge in [0.2, 0.25) is 0 Å². The van der Waals surface area contributed by atoms with Crippen molar-refractivity contribution < 1.29 is 4.74 Å². The lowest BCUT2D eigenvalue weighted by molar-refractivity contribution is 0.339. The van der Waals surface area contributed by atoms with Gasteiger partial charge in [-0.25, -0.2) is 4.98 Å². The summed E-state index contributed by atoms with van der Waals surface area (Å²) in [6, 6.07) is 3.95. The molecule has 4 heteroatoms. The van der Waals surface area contributed by atoms with E-state index in [0.29, 0.717) is 6.61 Å². The standard InChI is InChI=1S/C13H19N3O/c1-2-17-12-4-3-5-15-13(12)16-8-10-6-14-7-11(10)9-16/h3-5,10-11,14H,2,6-9H2,1H3. The van der Waals surface area contributed by atoms with E-state index in [2.05, 4.69) is 15.2 Å². The topological polar surface area (TPSA) is 37.4 Å². The molecule has 1 N–H and O–H groups in total. The van der Waals surface area contributed by atoms with Crippen molar-refractivity contribution in [3.8, 4) is 5.75 Å². The summed E-state index contributed by atoms with van der Waals surface area (Å²) >= 11 is 0. The molecule has 2 aliphatic heterocycles. The van der Waals surface area contributed by atoms with E-state index in [1.165, 1.54) is 0 Å². The maximum Gasteiger partial charge on any atom is 0.171 e. The van der Waals surface area contributed by atoms with Crippen LogP contribution >= 0.6 is 0 Å². The Morgan fingerprint density at radius 2 is 2.18 bits per heavy atom. The van der Waals surface area contributed by atoms with Gasteiger partial charge in [-0.05, 0) is 30.9 Å². The molecular weight excluding hydrogens is 214 g/mol. The predicted octanol–water partition coefficient (Wildman–Crippen LogP) is 1.14. The summed E-state index contributed by atoms with van der Waals surface area (Å²) in [6.07, 6.45) is 1.85. The van der Waals surface area contributed by atoms with Crippen LogP contribution in [0.25, 0.3) is 0 Å². The van der Waals surface area contributed by atoms with E-state index >= 15 is 0 Å². The molecule has 4 nitrogen and oxygen atoms in total. The molecule has 1 aromatic rings. The van der Waals surface area contributed by atoms with Crippen molar-refractivity contribution in [1.29, 1.82) is 0 Å². The number of fused-ring (bicyclic) bond motifs is 1. The average Bonchev–Trinajstić information content (AvgIpc) is 2.90. The molecule has 17 heavy (non-hydrogen) atoms. The zero-order chi connectivity index (χ0) is 11.7. The van der Waals surface area contributed by atoms with Gasteiger partial charge < -0.3 is 15.0 Å². The number of nitrogens with zero attached hydrogens (tertiary/aromatic N) is 2. The Kier molecular flexibility index (Phi) is 2.89. The Morgan fingerprint density at radius 3 is 2.88 bits per heavy atom. The van der Waals surface area contributed by atoms with Gasteiger partial charge in [-0.1, -0.05) is 0 Å². The molecule has 92 valence electrons. The predicted molar refractivity (Wildman–Crippen MR) is 67.5 cm³/mol. The van der Waals surface area contributed by atoms with Gasteiger partial charge >= 0.3 is 0 Å². The number of pyridine rings is 1. The van der Waals surface area contributed by atoms with Crippen LogP contribution in [0.4, 0.5) is 5.82 Å². The van der Waals surface area contributed by atoms with Crippen molar-refractivity contribution in [3.05, 3.63) is 18.3 Å². The molecule has 0 saturated carbocycles. The van der Waals surface area contributed by atoms with Crippen molar-refractivity contribution in [2.75, 3.05) is 37.7 Å². The highest BCUT2D eigenvalue weighted by Crippen LogP contribution is 2.33. The highest BCUT2D eigenvalue weighted by Gasteiger charge is 2.37. The summed E-state index contributed by atoms with van der Waals surface area (Å²) in [5.41, 5.74) is 0. The van der Waals surface area contributed by atoms with Gasteiger partial charge in [-0.15, -0.1) is 0 Å². The maximum atomic E-state index is 5.65. The van der Waals surface area contributed by atoms with Gasteiger partial charge in [-0.3, -0.25) is 0 Å². The fourth-order valence-corrected chi connectivity index (χ4v) is 2.92. The number of rotatable bonds is 3. The third kappa shape index (κ3) is 1.97. The van der Waals surface area contributed by atoms with Crippen molar-refractivity contribution in [2.45, 2.75) is 6.92 Å². The molecule has 2 fully saturated rings. The van der Waals surface area contributed by atoms with Gasteiger partial charge in [0.15, 0.2) is 11.6 Å². The lowest BCUT2D eigenvalue weighted by atomic mass is 10.0. The molecule has 2 atom stereocenters. The van der Waals surface area contributed by atoms with Crippen molar-refractivity contribution in [3.63, 3.8) is 0 Å². The molecule has 0 spiro atoms. The van der Waals surface area contributed by atoms with Crippen LogP contribution in [0.15, 0.2) is 18.3 Å². The second-order valence-corrected chi connectivity index (χ2v) is 4.84. The fourth-order valence-electron chi connectivity index (χ4n) is 2.92. The van der Waals surface area contributed by atoms with Crippen LogP contribution in [0.2, 0.25) is 0 Å². The molecule has 0 aromatic carbocycles. The van der Waals surface area contributed by atoms with E-state index in [1.54, 1.807) is 0 Å². The molecule has 0 bridgehead atoms. The molecule has 2 saturated heterocycles. The van der Waals surface area contributed by atoms with Crippen molar-refractivity contribution in [2.24, 2.45) is 11.8 Å². The summed E-state index contributed by atoms with van der Waals surface area (Å²) in [7, 11) is 0. The minimum atomic E-state index is 0.695. The van der Waals surface area contributed by atoms with Crippen LogP contribution in [-0.2, 0) is 0 Å². The van der Waals surface area contributed by atoms with Gasteiger partial charge in [0.25, 0.3) is 0 Å². The third-order valence-corrected chi connectivity index (χ3v) is 3.74. The number of hydrogen-bond acceptors (Lipinski definition) is 4. The van der Waals surface area contributed by atoms with Crippen LogP contribution in [0, 0.1) is 11.8 Å². The fraction of sp³-hybridized carbons (Fsp3) is 0.615. The Morgan fingerprint density at radius 1 is 1.41 bits per heavy atom.